The second kappa shape index (κ2) is 8.69. The number of carbonyl (C=O) groups excluding carboxylic acids is 2. The zero-order chi connectivity index (χ0) is 21.3. The Bertz CT molecular complexity index is 1050. The molecule has 7 nitrogen and oxygen atoms in total. The second-order valence-corrected chi connectivity index (χ2v) is 9.53. The molecule has 0 saturated carbocycles. The van der Waals surface area contributed by atoms with E-state index in [1.54, 1.807) is 17.7 Å². The number of rotatable bonds is 6. The minimum absolute atomic E-state index is 0.00494. The monoisotopic (exact) mass is 443 g/mol. The molecule has 30 heavy (non-hydrogen) atoms. The molecule has 0 spiro atoms. The van der Waals surface area contributed by atoms with Gasteiger partial charge in [0.1, 0.15) is 17.0 Å². The standard InChI is InChI=1S/C21H25N5O2S2/c1-3-14(15-5-4-10-29-15)25-19-16-12(2)17(30-20(16)24-11-23-19)21(28)26-8-6-13(7-9-26)18(22)27/h4-5,10-11,13-14H,3,6-9H2,1-2H3,(H2,22,27)(H,23,24,25). The van der Waals surface area contributed by atoms with Crippen molar-refractivity contribution in [2.24, 2.45) is 11.7 Å². The van der Waals surface area contributed by atoms with Gasteiger partial charge in [-0.15, -0.1) is 22.7 Å². The molecule has 0 aromatic carbocycles. The van der Waals surface area contributed by atoms with Crippen LogP contribution in [0.5, 0.6) is 0 Å². The summed E-state index contributed by atoms with van der Waals surface area (Å²) in [5.41, 5.74) is 6.32. The van der Waals surface area contributed by atoms with Crippen molar-refractivity contribution in [2.45, 2.75) is 39.2 Å². The molecule has 2 amide bonds. The number of nitrogens with zero attached hydrogens (tertiary/aromatic N) is 3. The predicted octanol–water partition coefficient (Wildman–Crippen LogP) is 3.96. The van der Waals surface area contributed by atoms with Gasteiger partial charge in [0.2, 0.25) is 5.91 Å². The van der Waals surface area contributed by atoms with Crippen molar-refractivity contribution in [3.05, 3.63) is 39.2 Å². The van der Waals surface area contributed by atoms with Crippen LogP contribution >= 0.6 is 22.7 Å². The van der Waals surface area contributed by atoms with Gasteiger partial charge in [-0.1, -0.05) is 13.0 Å². The lowest BCUT2D eigenvalue weighted by atomic mass is 9.96. The zero-order valence-electron chi connectivity index (χ0n) is 17.1. The molecule has 1 unspecified atom stereocenters. The molecule has 9 heteroatoms. The van der Waals surface area contributed by atoms with E-state index >= 15 is 0 Å². The van der Waals surface area contributed by atoms with Gasteiger partial charge in [-0.3, -0.25) is 9.59 Å². The van der Waals surface area contributed by atoms with E-state index in [1.807, 2.05) is 17.9 Å². The van der Waals surface area contributed by atoms with Gasteiger partial charge in [-0.2, -0.15) is 0 Å². The normalized spacial score (nSPS) is 16.0. The van der Waals surface area contributed by atoms with Crippen LogP contribution in [0.2, 0.25) is 0 Å². The second-order valence-electron chi connectivity index (χ2n) is 7.55. The van der Waals surface area contributed by atoms with E-state index in [4.69, 9.17) is 5.73 Å². The van der Waals surface area contributed by atoms with Gasteiger partial charge in [0.25, 0.3) is 5.91 Å². The Balaban J connectivity index is 1.61. The van der Waals surface area contributed by atoms with E-state index in [1.165, 1.54) is 16.2 Å². The summed E-state index contributed by atoms with van der Waals surface area (Å²) in [5.74, 6) is 0.347. The lowest BCUT2D eigenvalue weighted by Crippen LogP contribution is -2.41. The lowest BCUT2D eigenvalue weighted by Gasteiger charge is -2.30. The number of nitrogens with one attached hydrogen (secondary N) is 1. The molecule has 3 aromatic heterocycles. The number of hydrogen-bond donors (Lipinski definition) is 2. The molecule has 1 saturated heterocycles. The number of nitrogens with two attached hydrogens (primary N) is 1. The maximum Gasteiger partial charge on any atom is 0.264 e. The van der Waals surface area contributed by atoms with E-state index < -0.39 is 0 Å². The Labute approximate surface area is 183 Å². The van der Waals surface area contributed by atoms with Crippen molar-refractivity contribution in [3.63, 3.8) is 0 Å². The van der Waals surface area contributed by atoms with Gasteiger partial charge in [0.05, 0.1) is 16.3 Å². The molecule has 4 rings (SSSR count). The van der Waals surface area contributed by atoms with Gasteiger partial charge >= 0.3 is 0 Å². The van der Waals surface area contributed by atoms with Crippen LogP contribution in [0.1, 0.15) is 52.3 Å². The summed E-state index contributed by atoms with van der Waals surface area (Å²) >= 11 is 3.13. The molecule has 158 valence electrons. The summed E-state index contributed by atoms with van der Waals surface area (Å²) in [4.78, 5) is 38.1. The Morgan fingerprint density at radius 2 is 2.10 bits per heavy atom. The number of anilines is 1. The highest BCUT2D eigenvalue weighted by atomic mass is 32.1. The highest BCUT2D eigenvalue weighted by molar-refractivity contribution is 7.20. The minimum atomic E-state index is -0.276. The summed E-state index contributed by atoms with van der Waals surface area (Å²) in [6.07, 6.45) is 3.72. The van der Waals surface area contributed by atoms with Crippen LogP contribution in [0.15, 0.2) is 23.8 Å². The molecule has 1 aliphatic rings. The Morgan fingerprint density at radius 3 is 2.73 bits per heavy atom. The fourth-order valence-corrected chi connectivity index (χ4v) is 5.90. The third kappa shape index (κ3) is 3.91. The number of piperidine rings is 1. The van der Waals surface area contributed by atoms with Crippen molar-refractivity contribution >= 4 is 50.5 Å². The predicted molar refractivity (Wildman–Crippen MR) is 121 cm³/mol. The first kappa shape index (κ1) is 20.7. The molecule has 3 aromatic rings. The zero-order valence-corrected chi connectivity index (χ0v) is 18.7. The summed E-state index contributed by atoms with van der Waals surface area (Å²) < 4.78 is 0. The van der Waals surface area contributed by atoms with Crippen molar-refractivity contribution in [3.8, 4) is 0 Å². The molecule has 1 aliphatic heterocycles. The van der Waals surface area contributed by atoms with Crippen molar-refractivity contribution in [1.82, 2.24) is 14.9 Å². The van der Waals surface area contributed by atoms with E-state index in [0.29, 0.717) is 30.8 Å². The van der Waals surface area contributed by atoms with Crippen LogP contribution in [0.3, 0.4) is 0 Å². The van der Waals surface area contributed by atoms with Crippen LogP contribution in [0.25, 0.3) is 10.2 Å². The third-order valence-corrected chi connectivity index (χ3v) is 7.89. The van der Waals surface area contributed by atoms with Gasteiger partial charge in [0.15, 0.2) is 0 Å². The number of primary amides is 1. The first-order valence-corrected chi connectivity index (χ1v) is 11.8. The quantitative estimate of drug-likeness (QED) is 0.600. The molecular weight excluding hydrogens is 418 g/mol. The Kier molecular flexibility index (Phi) is 6.01. The summed E-state index contributed by atoms with van der Waals surface area (Å²) in [7, 11) is 0. The number of amides is 2. The van der Waals surface area contributed by atoms with Gasteiger partial charge in [-0.25, -0.2) is 9.97 Å². The van der Waals surface area contributed by atoms with Crippen LogP contribution in [-0.4, -0.2) is 39.8 Å². The number of hydrogen-bond acceptors (Lipinski definition) is 7. The Hall–Kier alpha value is -2.52. The Morgan fingerprint density at radius 1 is 1.33 bits per heavy atom. The van der Waals surface area contributed by atoms with Gasteiger partial charge in [0, 0.05) is 23.9 Å². The van der Waals surface area contributed by atoms with Crippen LogP contribution in [-0.2, 0) is 4.79 Å². The maximum atomic E-state index is 13.2. The number of aryl methyl sites for hydroxylation is 1. The van der Waals surface area contributed by atoms with E-state index in [9.17, 15) is 9.59 Å². The van der Waals surface area contributed by atoms with Crippen LogP contribution in [0, 0.1) is 12.8 Å². The maximum absolute atomic E-state index is 13.2. The molecule has 3 N–H and O–H groups in total. The molecular formula is C21H25N5O2S2. The largest absolute Gasteiger partial charge is 0.369 e. The molecule has 1 fully saturated rings. The molecule has 0 aliphatic carbocycles. The molecule has 1 atom stereocenters. The number of fused-ring (bicyclic) bond motifs is 1. The van der Waals surface area contributed by atoms with Crippen LogP contribution in [0.4, 0.5) is 5.82 Å². The van der Waals surface area contributed by atoms with E-state index in [2.05, 4.69) is 33.7 Å². The van der Waals surface area contributed by atoms with Gasteiger partial charge < -0.3 is 16.0 Å². The minimum Gasteiger partial charge on any atom is -0.369 e. The fraction of sp³-hybridized carbons (Fsp3) is 0.429. The first-order valence-electron chi connectivity index (χ1n) is 10.1. The highest BCUT2D eigenvalue weighted by Gasteiger charge is 2.29. The molecule has 4 heterocycles. The third-order valence-electron chi connectivity index (χ3n) is 5.71. The summed E-state index contributed by atoms with van der Waals surface area (Å²) in [5, 5.41) is 6.54. The number of likely N-dealkylation sites (tertiary alicyclic amines) is 1. The average Bonchev–Trinajstić information content (AvgIpc) is 3.40. The molecule has 0 radical (unpaired) electrons. The summed E-state index contributed by atoms with van der Waals surface area (Å²) in [6, 6.07) is 4.33. The smallest absolute Gasteiger partial charge is 0.264 e. The molecule has 0 bridgehead atoms. The van der Waals surface area contributed by atoms with Crippen molar-refractivity contribution in [1.29, 1.82) is 0 Å². The fourth-order valence-electron chi connectivity index (χ4n) is 3.92. The summed E-state index contributed by atoms with van der Waals surface area (Å²) in [6.45, 7) is 5.20. The van der Waals surface area contributed by atoms with Crippen LogP contribution < -0.4 is 11.1 Å². The first-order chi connectivity index (χ1) is 14.5. The number of aromatic nitrogens is 2. The average molecular weight is 444 g/mol. The van der Waals surface area contributed by atoms with Gasteiger partial charge in [-0.05, 0) is 43.2 Å². The highest BCUT2D eigenvalue weighted by Crippen LogP contribution is 2.36. The number of carbonyl (C=O) groups is 2. The van der Waals surface area contributed by atoms with E-state index in [0.717, 1.165) is 28.0 Å². The lowest BCUT2D eigenvalue weighted by molar-refractivity contribution is -0.123. The topological polar surface area (TPSA) is 101 Å². The van der Waals surface area contributed by atoms with E-state index in [-0.39, 0.29) is 23.8 Å². The van der Waals surface area contributed by atoms with Crippen molar-refractivity contribution in [2.75, 3.05) is 18.4 Å². The SMILES string of the molecule is CCC(Nc1ncnc2sc(C(=O)N3CCC(C(N)=O)CC3)c(C)c12)c1cccs1. The number of thiophene rings is 2. The van der Waals surface area contributed by atoms with Crippen molar-refractivity contribution < 1.29 is 9.59 Å².